The van der Waals surface area contributed by atoms with E-state index in [4.69, 9.17) is 0 Å². The number of likely N-dealkylation sites (tertiary alicyclic amines) is 2. The summed E-state index contributed by atoms with van der Waals surface area (Å²) < 4.78 is 1.82. The highest BCUT2D eigenvalue weighted by Crippen LogP contribution is 2.24. The summed E-state index contributed by atoms with van der Waals surface area (Å²) in [6, 6.07) is 0.264. The summed E-state index contributed by atoms with van der Waals surface area (Å²) in [5.41, 5.74) is 0.677. The van der Waals surface area contributed by atoms with Gasteiger partial charge in [0.1, 0.15) is 0 Å². The van der Waals surface area contributed by atoms with E-state index < -0.39 is 0 Å². The van der Waals surface area contributed by atoms with Gasteiger partial charge in [0, 0.05) is 44.8 Å². The molecular weight excluding hydrogens is 316 g/mol. The van der Waals surface area contributed by atoms with Crippen LogP contribution in [0.1, 0.15) is 68.8 Å². The van der Waals surface area contributed by atoms with E-state index in [1.807, 2.05) is 20.7 Å². The molecule has 1 aromatic heterocycles. The number of hydrogen-bond donors (Lipinski definition) is 0. The van der Waals surface area contributed by atoms with E-state index in [2.05, 4.69) is 18.9 Å². The zero-order chi connectivity index (χ0) is 17.8. The first-order chi connectivity index (χ1) is 12.0. The van der Waals surface area contributed by atoms with Crippen LogP contribution in [0.5, 0.6) is 0 Å². The zero-order valence-corrected chi connectivity index (χ0v) is 15.5. The lowest BCUT2D eigenvalue weighted by molar-refractivity contribution is -0.130. The smallest absolute Gasteiger partial charge is 0.257 e. The Morgan fingerprint density at radius 2 is 1.80 bits per heavy atom. The Labute approximate surface area is 150 Å². The second kappa shape index (κ2) is 8.02. The largest absolute Gasteiger partial charge is 0.343 e. The van der Waals surface area contributed by atoms with Crippen LogP contribution in [0.3, 0.4) is 0 Å². The Morgan fingerprint density at radius 3 is 2.40 bits per heavy atom. The van der Waals surface area contributed by atoms with E-state index in [-0.39, 0.29) is 11.9 Å². The number of amides is 2. The van der Waals surface area contributed by atoms with Gasteiger partial charge in [-0.05, 0) is 51.9 Å². The second-order valence-electron chi connectivity index (χ2n) is 7.66. The molecule has 0 bridgehead atoms. The molecule has 0 aliphatic carbocycles. The summed E-state index contributed by atoms with van der Waals surface area (Å²) in [5, 5.41) is 4.26. The predicted molar refractivity (Wildman–Crippen MR) is 96.3 cm³/mol. The first-order valence-electron chi connectivity index (χ1n) is 9.66. The lowest BCUT2D eigenvalue weighted by atomic mass is 9.91. The number of carbonyl (C=O) groups is 2. The van der Waals surface area contributed by atoms with Crippen molar-refractivity contribution in [2.75, 3.05) is 26.2 Å². The fourth-order valence-corrected chi connectivity index (χ4v) is 3.79. The Hall–Kier alpha value is -1.85. The molecule has 0 radical (unpaired) electrons. The van der Waals surface area contributed by atoms with Gasteiger partial charge in [0.2, 0.25) is 5.91 Å². The Morgan fingerprint density at radius 1 is 1.12 bits per heavy atom. The maximum Gasteiger partial charge on any atom is 0.257 e. The highest BCUT2D eigenvalue weighted by molar-refractivity contribution is 5.93. The second-order valence-corrected chi connectivity index (χ2v) is 7.66. The first-order valence-corrected chi connectivity index (χ1v) is 9.66. The SMILES string of the molecule is CC(C)n1cc(C(=O)N2CCC(CCC(=O)N3CCCC3)CC2)cn1. The van der Waals surface area contributed by atoms with Crippen LogP contribution in [0.25, 0.3) is 0 Å². The molecule has 6 nitrogen and oxygen atoms in total. The van der Waals surface area contributed by atoms with Crippen molar-refractivity contribution in [1.82, 2.24) is 19.6 Å². The molecule has 0 unspecified atom stereocenters. The van der Waals surface area contributed by atoms with Crippen molar-refractivity contribution in [2.24, 2.45) is 5.92 Å². The molecule has 6 heteroatoms. The molecule has 2 amide bonds. The Balaban J connectivity index is 1.43. The summed E-state index contributed by atoms with van der Waals surface area (Å²) in [6.45, 7) is 7.56. The molecule has 0 atom stereocenters. The minimum Gasteiger partial charge on any atom is -0.343 e. The third-order valence-corrected chi connectivity index (χ3v) is 5.50. The first kappa shape index (κ1) is 18.0. The van der Waals surface area contributed by atoms with Gasteiger partial charge in [-0.2, -0.15) is 5.10 Å². The Bertz CT molecular complexity index is 596. The summed E-state index contributed by atoms with van der Waals surface area (Å²) >= 11 is 0. The van der Waals surface area contributed by atoms with Gasteiger partial charge in [0.25, 0.3) is 5.91 Å². The monoisotopic (exact) mass is 346 g/mol. The molecule has 2 saturated heterocycles. The summed E-state index contributed by atoms with van der Waals surface area (Å²) in [4.78, 5) is 28.7. The van der Waals surface area contributed by atoms with Crippen molar-refractivity contribution in [2.45, 2.75) is 58.4 Å². The number of piperidine rings is 1. The number of carbonyl (C=O) groups excluding carboxylic acids is 2. The maximum absolute atomic E-state index is 12.6. The van der Waals surface area contributed by atoms with Gasteiger partial charge in [0.05, 0.1) is 11.8 Å². The molecule has 0 spiro atoms. The van der Waals surface area contributed by atoms with E-state index in [9.17, 15) is 9.59 Å². The molecule has 2 aliphatic rings. The van der Waals surface area contributed by atoms with Gasteiger partial charge in [-0.25, -0.2) is 0 Å². The number of rotatable bonds is 5. The third-order valence-electron chi connectivity index (χ3n) is 5.50. The van der Waals surface area contributed by atoms with Crippen LogP contribution in [0, 0.1) is 5.92 Å². The maximum atomic E-state index is 12.6. The molecule has 1 aromatic rings. The molecule has 0 aromatic carbocycles. The molecule has 3 heterocycles. The van der Waals surface area contributed by atoms with Crippen molar-refractivity contribution >= 4 is 11.8 Å². The molecule has 0 N–H and O–H groups in total. The average Bonchev–Trinajstić information content (AvgIpc) is 3.31. The average molecular weight is 346 g/mol. The quantitative estimate of drug-likeness (QED) is 0.824. The van der Waals surface area contributed by atoms with E-state index >= 15 is 0 Å². The topological polar surface area (TPSA) is 58.4 Å². The van der Waals surface area contributed by atoms with Crippen molar-refractivity contribution in [3.8, 4) is 0 Å². The van der Waals surface area contributed by atoms with Crippen LogP contribution in [0.2, 0.25) is 0 Å². The van der Waals surface area contributed by atoms with Crippen LogP contribution in [0.15, 0.2) is 12.4 Å². The standard InChI is InChI=1S/C19H30N4O2/c1-15(2)23-14-17(13-20-23)19(25)22-11-7-16(8-12-22)5-6-18(24)21-9-3-4-10-21/h13-16H,3-12H2,1-2H3. The van der Waals surface area contributed by atoms with Crippen LogP contribution >= 0.6 is 0 Å². The van der Waals surface area contributed by atoms with Gasteiger partial charge in [-0.1, -0.05) is 0 Å². The molecule has 138 valence electrons. The van der Waals surface area contributed by atoms with Crippen LogP contribution in [0.4, 0.5) is 0 Å². The van der Waals surface area contributed by atoms with E-state index in [0.717, 1.165) is 58.3 Å². The van der Waals surface area contributed by atoms with Gasteiger partial charge >= 0.3 is 0 Å². The highest BCUT2D eigenvalue weighted by atomic mass is 16.2. The van der Waals surface area contributed by atoms with Gasteiger partial charge in [-0.3, -0.25) is 14.3 Å². The van der Waals surface area contributed by atoms with Gasteiger partial charge in [-0.15, -0.1) is 0 Å². The summed E-state index contributed by atoms with van der Waals surface area (Å²) in [5.74, 6) is 0.963. The summed E-state index contributed by atoms with van der Waals surface area (Å²) in [6.07, 6.45) is 9.44. The zero-order valence-electron chi connectivity index (χ0n) is 15.5. The molecule has 0 saturated carbocycles. The normalized spacial score (nSPS) is 19.0. The van der Waals surface area contributed by atoms with E-state index in [0.29, 0.717) is 23.8 Å². The molecule has 2 fully saturated rings. The molecule has 2 aliphatic heterocycles. The Kier molecular flexibility index (Phi) is 5.76. The fraction of sp³-hybridized carbons (Fsp3) is 0.737. The predicted octanol–water partition coefficient (Wildman–Crippen LogP) is 2.72. The van der Waals surface area contributed by atoms with Crippen molar-refractivity contribution in [1.29, 1.82) is 0 Å². The summed E-state index contributed by atoms with van der Waals surface area (Å²) in [7, 11) is 0. The van der Waals surface area contributed by atoms with Crippen LogP contribution in [-0.4, -0.2) is 57.6 Å². The number of aromatic nitrogens is 2. The third kappa shape index (κ3) is 4.41. The molecule has 3 rings (SSSR count). The van der Waals surface area contributed by atoms with Crippen LogP contribution < -0.4 is 0 Å². The van der Waals surface area contributed by atoms with E-state index in [1.54, 1.807) is 6.20 Å². The fourth-order valence-electron chi connectivity index (χ4n) is 3.79. The van der Waals surface area contributed by atoms with Crippen molar-refractivity contribution in [3.05, 3.63) is 18.0 Å². The van der Waals surface area contributed by atoms with Gasteiger partial charge < -0.3 is 9.80 Å². The number of nitrogens with zero attached hydrogens (tertiary/aromatic N) is 4. The highest BCUT2D eigenvalue weighted by Gasteiger charge is 2.26. The number of hydrogen-bond acceptors (Lipinski definition) is 3. The molecular formula is C19H30N4O2. The minimum atomic E-state index is 0.0819. The lowest BCUT2D eigenvalue weighted by Crippen LogP contribution is -2.38. The minimum absolute atomic E-state index is 0.0819. The van der Waals surface area contributed by atoms with Crippen molar-refractivity contribution < 1.29 is 9.59 Å². The van der Waals surface area contributed by atoms with Crippen LogP contribution in [-0.2, 0) is 4.79 Å². The lowest BCUT2D eigenvalue weighted by Gasteiger charge is -2.32. The molecule has 25 heavy (non-hydrogen) atoms. The van der Waals surface area contributed by atoms with Gasteiger partial charge in [0.15, 0.2) is 0 Å². The van der Waals surface area contributed by atoms with Crippen molar-refractivity contribution in [3.63, 3.8) is 0 Å². The van der Waals surface area contributed by atoms with E-state index in [1.165, 1.54) is 0 Å².